The first kappa shape index (κ1) is 11.3. The predicted molar refractivity (Wildman–Crippen MR) is 68.0 cm³/mol. The number of allylic oxidation sites excluding steroid dienone is 2. The van der Waals surface area contributed by atoms with Crippen molar-refractivity contribution in [2.24, 2.45) is 0 Å². The highest BCUT2D eigenvalue weighted by molar-refractivity contribution is 5.92. The lowest BCUT2D eigenvalue weighted by atomic mass is 10.2. The average molecular weight is 229 g/mol. The Balaban J connectivity index is 2.81. The second-order valence-electron chi connectivity index (χ2n) is 3.55. The number of hydrogen-bond acceptors (Lipinski definition) is 2. The number of hydrogen-bond donors (Lipinski definition) is 1. The summed E-state index contributed by atoms with van der Waals surface area (Å²) in [6, 6.07) is 0. The van der Waals surface area contributed by atoms with Gasteiger partial charge < -0.3 is 4.98 Å². The predicted octanol–water partition coefficient (Wildman–Crippen LogP) is 3.41. The third-order valence-corrected chi connectivity index (χ3v) is 2.52. The number of nitrogens with one attached hydrogen (secondary N) is 1. The van der Waals surface area contributed by atoms with Crippen molar-refractivity contribution in [2.75, 3.05) is 0 Å². The maximum atomic E-state index is 13.8. The van der Waals surface area contributed by atoms with E-state index >= 15 is 0 Å². The minimum Gasteiger partial charge on any atom is -0.349 e. The van der Waals surface area contributed by atoms with E-state index in [9.17, 15) is 4.39 Å². The third-order valence-electron chi connectivity index (χ3n) is 2.52. The summed E-state index contributed by atoms with van der Waals surface area (Å²) in [4.78, 5) is 11.2. The molecule has 0 aliphatic heterocycles. The molecule has 2 aromatic rings. The maximum absolute atomic E-state index is 13.8. The lowest BCUT2D eigenvalue weighted by Crippen LogP contribution is -1.84. The Labute approximate surface area is 98.4 Å². The van der Waals surface area contributed by atoms with Gasteiger partial charge in [0.05, 0.1) is 22.4 Å². The largest absolute Gasteiger partial charge is 0.349 e. The van der Waals surface area contributed by atoms with E-state index in [0.717, 1.165) is 11.2 Å². The molecule has 0 aromatic carbocycles. The number of nitrogens with zero attached hydrogens (tertiary/aromatic N) is 2. The topological polar surface area (TPSA) is 41.6 Å². The van der Waals surface area contributed by atoms with Gasteiger partial charge in [-0.05, 0) is 13.0 Å². The van der Waals surface area contributed by atoms with Crippen LogP contribution in [0.25, 0.3) is 22.9 Å². The van der Waals surface area contributed by atoms with E-state index in [0.29, 0.717) is 16.8 Å². The SMILES string of the molecule is C=C/C=C(/F)c1[nH]c2c(C)ncnc2c1C=C. The van der Waals surface area contributed by atoms with Crippen LogP contribution >= 0.6 is 0 Å². The summed E-state index contributed by atoms with van der Waals surface area (Å²) in [5, 5.41) is 0. The zero-order chi connectivity index (χ0) is 12.4. The molecule has 3 nitrogen and oxygen atoms in total. The fourth-order valence-electron chi connectivity index (χ4n) is 1.71. The van der Waals surface area contributed by atoms with Gasteiger partial charge in [-0.25, -0.2) is 14.4 Å². The minimum atomic E-state index is -0.396. The first-order valence-corrected chi connectivity index (χ1v) is 5.13. The standard InChI is InChI=1S/C13H12FN3/c1-4-6-10(14)12-9(5-2)13-11(17-12)8(3)15-7-16-13/h4-7,17H,1-2H2,3H3/b10-6+. The highest BCUT2D eigenvalue weighted by Gasteiger charge is 2.14. The van der Waals surface area contributed by atoms with Crippen molar-refractivity contribution in [3.63, 3.8) is 0 Å². The van der Waals surface area contributed by atoms with Crippen LogP contribution in [0.15, 0.2) is 31.6 Å². The van der Waals surface area contributed by atoms with Crippen LogP contribution in [-0.2, 0) is 0 Å². The van der Waals surface area contributed by atoms with Gasteiger partial charge >= 0.3 is 0 Å². The van der Waals surface area contributed by atoms with E-state index in [1.54, 1.807) is 6.08 Å². The molecule has 0 unspecified atom stereocenters. The van der Waals surface area contributed by atoms with Gasteiger partial charge in [0, 0.05) is 5.56 Å². The highest BCUT2D eigenvalue weighted by atomic mass is 19.1. The summed E-state index contributed by atoms with van der Waals surface area (Å²) in [6.07, 6.45) is 5.72. The monoisotopic (exact) mass is 229 g/mol. The average Bonchev–Trinajstić information content (AvgIpc) is 2.69. The van der Waals surface area contributed by atoms with Crippen LogP contribution in [0.3, 0.4) is 0 Å². The van der Waals surface area contributed by atoms with Gasteiger partial charge in [0.25, 0.3) is 0 Å². The molecule has 2 aromatic heterocycles. The van der Waals surface area contributed by atoms with Crippen LogP contribution in [0.5, 0.6) is 0 Å². The Hall–Kier alpha value is -2.23. The molecule has 17 heavy (non-hydrogen) atoms. The van der Waals surface area contributed by atoms with E-state index in [2.05, 4.69) is 28.1 Å². The van der Waals surface area contributed by atoms with E-state index < -0.39 is 5.83 Å². The number of halogens is 1. The number of aromatic nitrogens is 3. The van der Waals surface area contributed by atoms with Gasteiger partial charge in [0.1, 0.15) is 12.2 Å². The first-order chi connectivity index (χ1) is 8.19. The summed E-state index contributed by atoms with van der Waals surface area (Å²) < 4.78 is 13.8. The number of aryl methyl sites for hydroxylation is 1. The molecule has 0 spiro atoms. The summed E-state index contributed by atoms with van der Waals surface area (Å²) >= 11 is 0. The second-order valence-corrected chi connectivity index (χ2v) is 3.55. The molecule has 0 aliphatic rings. The van der Waals surface area contributed by atoms with Gasteiger partial charge in [-0.2, -0.15) is 0 Å². The van der Waals surface area contributed by atoms with Crippen molar-refractivity contribution < 1.29 is 4.39 Å². The van der Waals surface area contributed by atoms with Crippen LogP contribution in [0, 0.1) is 6.92 Å². The van der Waals surface area contributed by atoms with E-state index in [4.69, 9.17) is 0 Å². The molecule has 86 valence electrons. The normalized spacial score (nSPS) is 11.8. The molecule has 4 heteroatoms. The minimum absolute atomic E-state index is 0.360. The quantitative estimate of drug-likeness (QED) is 0.819. The smallest absolute Gasteiger partial charge is 0.147 e. The molecule has 2 heterocycles. The molecule has 0 amide bonds. The molecule has 0 saturated heterocycles. The molecular weight excluding hydrogens is 217 g/mol. The number of aromatic amines is 1. The summed E-state index contributed by atoms with van der Waals surface area (Å²) in [7, 11) is 0. The Morgan fingerprint density at radius 3 is 2.82 bits per heavy atom. The molecule has 0 aliphatic carbocycles. The van der Waals surface area contributed by atoms with E-state index in [-0.39, 0.29) is 0 Å². The molecule has 2 rings (SSSR count). The second kappa shape index (κ2) is 4.33. The highest BCUT2D eigenvalue weighted by Crippen LogP contribution is 2.28. The van der Waals surface area contributed by atoms with Gasteiger partial charge in [0.2, 0.25) is 0 Å². The van der Waals surface area contributed by atoms with Crippen molar-refractivity contribution >= 4 is 22.9 Å². The van der Waals surface area contributed by atoms with E-state index in [1.165, 1.54) is 18.5 Å². The summed E-state index contributed by atoms with van der Waals surface area (Å²) in [5.41, 5.74) is 3.18. The van der Waals surface area contributed by atoms with Gasteiger partial charge in [-0.1, -0.05) is 25.3 Å². The third kappa shape index (κ3) is 1.78. The van der Waals surface area contributed by atoms with Crippen molar-refractivity contribution in [1.29, 1.82) is 0 Å². The maximum Gasteiger partial charge on any atom is 0.147 e. The van der Waals surface area contributed by atoms with Crippen LogP contribution < -0.4 is 0 Å². The first-order valence-electron chi connectivity index (χ1n) is 5.13. The number of fused-ring (bicyclic) bond motifs is 1. The van der Waals surface area contributed by atoms with Crippen molar-refractivity contribution in [3.8, 4) is 0 Å². The van der Waals surface area contributed by atoms with Crippen molar-refractivity contribution in [3.05, 3.63) is 48.6 Å². The Bertz CT molecular complexity index is 623. The van der Waals surface area contributed by atoms with Gasteiger partial charge in [-0.3, -0.25) is 0 Å². The number of rotatable bonds is 3. The molecule has 0 radical (unpaired) electrons. The van der Waals surface area contributed by atoms with Gasteiger partial charge in [-0.15, -0.1) is 0 Å². The lowest BCUT2D eigenvalue weighted by Gasteiger charge is -1.94. The summed E-state index contributed by atoms with van der Waals surface area (Å²) in [5.74, 6) is -0.396. The molecule has 0 saturated carbocycles. The Morgan fingerprint density at radius 1 is 1.41 bits per heavy atom. The Morgan fingerprint density at radius 2 is 2.18 bits per heavy atom. The zero-order valence-corrected chi connectivity index (χ0v) is 9.50. The molecule has 0 atom stereocenters. The zero-order valence-electron chi connectivity index (χ0n) is 9.50. The van der Waals surface area contributed by atoms with Crippen LogP contribution in [0.1, 0.15) is 17.0 Å². The van der Waals surface area contributed by atoms with Crippen molar-refractivity contribution in [2.45, 2.75) is 6.92 Å². The lowest BCUT2D eigenvalue weighted by molar-refractivity contribution is 0.754. The Kier molecular flexibility index (Phi) is 2.87. The van der Waals surface area contributed by atoms with Crippen molar-refractivity contribution in [1.82, 2.24) is 15.0 Å². The van der Waals surface area contributed by atoms with Crippen LogP contribution in [0.2, 0.25) is 0 Å². The molecule has 0 fully saturated rings. The number of H-pyrrole nitrogens is 1. The molecular formula is C13H12FN3. The van der Waals surface area contributed by atoms with E-state index in [1.807, 2.05) is 6.92 Å². The molecule has 0 bridgehead atoms. The van der Waals surface area contributed by atoms with Gasteiger partial charge in [0.15, 0.2) is 0 Å². The fraction of sp³-hybridized carbons (Fsp3) is 0.0769. The van der Waals surface area contributed by atoms with Crippen LogP contribution in [0.4, 0.5) is 4.39 Å². The van der Waals surface area contributed by atoms with Crippen LogP contribution in [-0.4, -0.2) is 15.0 Å². The summed E-state index contributed by atoms with van der Waals surface area (Å²) in [6.45, 7) is 8.99. The molecule has 1 N–H and O–H groups in total. The fourth-order valence-corrected chi connectivity index (χ4v) is 1.71.